The highest BCUT2D eigenvalue weighted by atomic mass is 35.5. The summed E-state index contributed by atoms with van der Waals surface area (Å²) in [5, 5.41) is 3.48. The number of amides is 2. The van der Waals surface area contributed by atoms with Crippen molar-refractivity contribution >= 4 is 46.4 Å². The molecular formula is C20H18Cl2N2O3. The average molecular weight is 405 g/mol. The summed E-state index contributed by atoms with van der Waals surface area (Å²) in [6.07, 6.45) is -0.613. The first kappa shape index (κ1) is 19.3. The number of ether oxygens (including phenoxy) is 1. The third-order valence-electron chi connectivity index (χ3n) is 4.04. The zero-order valence-corrected chi connectivity index (χ0v) is 16.4. The average Bonchev–Trinajstić information content (AvgIpc) is 2.60. The quantitative estimate of drug-likeness (QED) is 0.734. The van der Waals surface area contributed by atoms with Gasteiger partial charge in [0.2, 0.25) is 0 Å². The minimum Gasteiger partial charge on any atom is -0.479 e. The third kappa shape index (κ3) is 4.10. The molecule has 3 rings (SSSR count). The fraction of sp³-hybridized carbons (Fsp3) is 0.200. The van der Waals surface area contributed by atoms with Crippen molar-refractivity contribution < 1.29 is 14.3 Å². The molecule has 0 radical (unpaired) electrons. The van der Waals surface area contributed by atoms with Crippen LogP contribution in [0.3, 0.4) is 0 Å². The second-order valence-corrected chi connectivity index (χ2v) is 7.22. The van der Waals surface area contributed by atoms with Crippen molar-refractivity contribution in [2.45, 2.75) is 20.0 Å². The second-order valence-electron chi connectivity index (χ2n) is 6.41. The van der Waals surface area contributed by atoms with Gasteiger partial charge in [-0.05, 0) is 44.2 Å². The summed E-state index contributed by atoms with van der Waals surface area (Å²) in [6, 6.07) is 9.81. The molecule has 27 heavy (non-hydrogen) atoms. The molecule has 0 aromatic heterocycles. The number of carbonyl (C=O) groups is 2. The largest absolute Gasteiger partial charge is 0.479 e. The summed E-state index contributed by atoms with van der Waals surface area (Å²) in [4.78, 5) is 26.5. The Morgan fingerprint density at radius 2 is 1.96 bits per heavy atom. The predicted octanol–water partition coefficient (Wildman–Crippen LogP) is 4.94. The van der Waals surface area contributed by atoms with Crippen molar-refractivity contribution in [3.63, 3.8) is 0 Å². The fourth-order valence-electron chi connectivity index (χ4n) is 2.76. The topological polar surface area (TPSA) is 58.6 Å². The number of anilines is 2. The van der Waals surface area contributed by atoms with E-state index in [1.807, 2.05) is 6.92 Å². The number of halogens is 2. The maximum Gasteiger partial charge on any atom is 0.268 e. The first-order chi connectivity index (χ1) is 12.8. The molecule has 0 saturated heterocycles. The zero-order chi connectivity index (χ0) is 19.7. The Labute approximate surface area is 167 Å². The highest BCUT2D eigenvalue weighted by Crippen LogP contribution is 2.36. The third-order valence-corrected chi connectivity index (χ3v) is 4.77. The van der Waals surface area contributed by atoms with Gasteiger partial charge in [0, 0.05) is 23.9 Å². The van der Waals surface area contributed by atoms with Crippen molar-refractivity contribution in [3.05, 3.63) is 64.2 Å². The lowest BCUT2D eigenvalue weighted by Gasteiger charge is -2.33. The number of fused-ring (bicyclic) bond motifs is 1. The number of benzene rings is 2. The van der Waals surface area contributed by atoms with Crippen LogP contribution in [0.1, 0.15) is 24.2 Å². The zero-order valence-electron chi connectivity index (χ0n) is 14.9. The van der Waals surface area contributed by atoms with E-state index >= 15 is 0 Å². The molecule has 0 spiro atoms. The molecule has 2 amide bonds. The maximum absolute atomic E-state index is 12.4. The van der Waals surface area contributed by atoms with E-state index < -0.39 is 6.10 Å². The minimum atomic E-state index is -0.613. The smallest absolute Gasteiger partial charge is 0.268 e. The number of hydrogen-bond acceptors (Lipinski definition) is 3. The van der Waals surface area contributed by atoms with Gasteiger partial charge in [0.25, 0.3) is 11.8 Å². The summed E-state index contributed by atoms with van der Waals surface area (Å²) in [6.45, 7) is 7.84. The monoisotopic (exact) mass is 404 g/mol. The van der Waals surface area contributed by atoms with Crippen LogP contribution in [0, 0.1) is 0 Å². The lowest BCUT2D eigenvalue weighted by molar-refractivity contribution is -0.125. The fourth-order valence-corrected chi connectivity index (χ4v) is 3.06. The molecule has 7 heteroatoms. The van der Waals surface area contributed by atoms with Crippen LogP contribution in [0.25, 0.3) is 0 Å². The van der Waals surface area contributed by atoms with E-state index in [0.29, 0.717) is 39.3 Å². The Bertz CT molecular complexity index is 943. The number of nitrogens with one attached hydrogen (secondary N) is 1. The van der Waals surface area contributed by atoms with Gasteiger partial charge in [-0.25, -0.2) is 0 Å². The van der Waals surface area contributed by atoms with Gasteiger partial charge < -0.3 is 15.0 Å². The predicted molar refractivity (Wildman–Crippen MR) is 108 cm³/mol. The van der Waals surface area contributed by atoms with Gasteiger partial charge in [-0.1, -0.05) is 35.4 Å². The van der Waals surface area contributed by atoms with Crippen LogP contribution in [-0.4, -0.2) is 24.5 Å². The summed E-state index contributed by atoms with van der Waals surface area (Å²) < 4.78 is 5.71. The van der Waals surface area contributed by atoms with Gasteiger partial charge in [-0.15, -0.1) is 0 Å². The maximum atomic E-state index is 12.4. The molecule has 5 nitrogen and oxygen atoms in total. The highest BCUT2D eigenvalue weighted by molar-refractivity contribution is 6.42. The van der Waals surface area contributed by atoms with Crippen LogP contribution in [0.2, 0.25) is 10.0 Å². The van der Waals surface area contributed by atoms with Crippen molar-refractivity contribution in [2.24, 2.45) is 0 Å². The van der Waals surface area contributed by atoms with Crippen LogP contribution < -0.4 is 15.0 Å². The lowest BCUT2D eigenvalue weighted by Crippen LogP contribution is -2.45. The molecule has 1 atom stereocenters. The van der Waals surface area contributed by atoms with Crippen molar-refractivity contribution in [3.8, 4) is 5.75 Å². The summed E-state index contributed by atoms with van der Waals surface area (Å²) >= 11 is 11.8. The normalized spacial score (nSPS) is 15.8. The van der Waals surface area contributed by atoms with E-state index in [1.54, 1.807) is 42.2 Å². The Morgan fingerprint density at radius 3 is 2.63 bits per heavy atom. The lowest BCUT2D eigenvalue weighted by atomic mass is 10.1. The molecular weight excluding hydrogens is 387 g/mol. The van der Waals surface area contributed by atoms with E-state index in [-0.39, 0.29) is 11.8 Å². The number of rotatable bonds is 4. The van der Waals surface area contributed by atoms with E-state index in [4.69, 9.17) is 27.9 Å². The molecule has 1 N–H and O–H groups in total. The molecule has 0 fully saturated rings. The standard InChI is InChI=1S/C20H18Cl2N2O3/c1-11(2)10-24-17-7-5-14(9-18(17)27-12(3)20(24)26)23-19(25)13-4-6-15(21)16(22)8-13/h4-9,12H,1,10H2,2-3H3,(H,23,25). The van der Waals surface area contributed by atoms with E-state index in [9.17, 15) is 9.59 Å². The molecule has 140 valence electrons. The molecule has 1 heterocycles. The van der Waals surface area contributed by atoms with Crippen LogP contribution in [0.5, 0.6) is 5.75 Å². The second kappa shape index (κ2) is 7.62. The molecule has 0 saturated carbocycles. The summed E-state index contributed by atoms with van der Waals surface area (Å²) in [5.74, 6) is 0.0700. The molecule has 1 aliphatic rings. The SMILES string of the molecule is C=C(C)CN1C(=O)C(C)Oc2cc(NC(=O)c3ccc(Cl)c(Cl)c3)ccc21. The van der Waals surface area contributed by atoms with Crippen molar-refractivity contribution in [2.75, 3.05) is 16.8 Å². The molecule has 0 aliphatic carbocycles. The van der Waals surface area contributed by atoms with Crippen LogP contribution >= 0.6 is 23.2 Å². The Morgan fingerprint density at radius 1 is 1.22 bits per heavy atom. The van der Waals surface area contributed by atoms with Crippen LogP contribution in [0.4, 0.5) is 11.4 Å². The number of nitrogens with zero attached hydrogens (tertiary/aromatic N) is 1. The molecule has 1 aliphatic heterocycles. The number of hydrogen-bond donors (Lipinski definition) is 1. The first-order valence-corrected chi connectivity index (χ1v) is 9.04. The van der Waals surface area contributed by atoms with Crippen molar-refractivity contribution in [1.82, 2.24) is 0 Å². The van der Waals surface area contributed by atoms with E-state index in [0.717, 1.165) is 5.57 Å². The van der Waals surface area contributed by atoms with Crippen molar-refractivity contribution in [1.29, 1.82) is 0 Å². The molecule has 2 aromatic carbocycles. The highest BCUT2D eigenvalue weighted by Gasteiger charge is 2.31. The molecule has 2 aromatic rings. The van der Waals surface area contributed by atoms with Gasteiger partial charge in [-0.2, -0.15) is 0 Å². The van der Waals surface area contributed by atoms with Gasteiger partial charge in [0.15, 0.2) is 6.10 Å². The van der Waals surface area contributed by atoms with Gasteiger partial charge in [0.1, 0.15) is 5.75 Å². The molecule has 1 unspecified atom stereocenters. The van der Waals surface area contributed by atoms with Gasteiger partial charge in [-0.3, -0.25) is 9.59 Å². The van der Waals surface area contributed by atoms with E-state index in [1.165, 1.54) is 6.07 Å². The Balaban J connectivity index is 1.86. The number of carbonyl (C=O) groups excluding carboxylic acids is 2. The Kier molecular flexibility index (Phi) is 5.44. The summed E-state index contributed by atoms with van der Waals surface area (Å²) in [7, 11) is 0. The van der Waals surface area contributed by atoms with E-state index in [2.05, 4.69) is 11.9 Å². The Hall–Kier alpha value is -2.50. The van der Waals surface area contributed by atoms with Crippen LogP contribution in [-0.2, 0) is 4.79 Å². The van der Waals surface area contributed by atoms with Gasteiger partial charge in [0.05, 0.1) is 15.7 Å². The first-order valence-electron chi connectivity index (χ1n) is 8.29. The van der Waals surface area contributed by atoms with Crippen LogP contribution in [0.15, 0.2) is 48.6 Å². The minimum absolute atomic E-state index is 0.127. The molecule has 0 bridgehead atoms. The van der Waals surface area contributed by atoms with Gasteiger partial charge >= 0.3 is 0 Å². The summed E-state index contributed by atoms with van der Waals surface area (Å²) in [5.41, 5.74) is 2.44.